The van der Waals surface area contributed by atoms with E-state index in [9.17, 15) is 0 Å². The first-order chi connectivity index (χ1) is 8.88. The van der Waals surface area contributed by atoms with Gasteiger partial charge in [-0.15, -0.1) is 26.4 Å². The van der Waals surface area contributed by atoms with Gasteiger partial charge in [-0.3, -0.25) is 0 Å². The van der Waals surface area contributed by atoms with Crippen molar-refractivity contribution in [1.29, 1.82) is 0 Å². The second-order valence-electron chi connectivity index (χ2n) is 4.54. The zero-order valence-electron chi connectivity index (χ0n) is 10.0. The molecule has 0 amide bonds. The molecule has 1 aliphatic heterocycles. The Labute approximate surface area is 110 Å². The monoisotopic (exact) mass is 266 g/mol. The highest BCUT2D eigenvalue weighted by molar-refractivity contribution is 6.17. The van der Waals surface area contributed by atoms with E-state index in [1.54, 1.807) is 0 Å². The lowest BCUT2D eigenvalue weighted by Crippen LogP contribution is -2.30. The van der Waals surface area contributed by atoms with Crippen LogP contribution in [0.5, 0.6) is 0 Å². The molecule has 0 spiro atoms. The fourth-order valence-corrected chi connectivity index (χ4v) is 2.70. The molecular weight excluding hydrogens is 252 g/mol. The zero-order chi connectivity index (χ0) is 12.4. The van der Waals surface area contributed by atoms with E-state index in [4.69, 9.17) is 11.6 Å². The van der Waals surface area contributed by atoms with E-state index in [-0.39, 0.29) is 0 Å². The van der Waals surface area contributed by atoms with Crippen LogP contribution in [0, 0.1) is 0 Å². The molecule has 1 fully saturated rings. The van der Waals surface area contributed by atoms with Gasteiger partial charge in [0, 0.05) is 18.5 Å². The van der Waals surface area contributed by atoms with Crippen LogP contribution in [0.2, 0.25) is 0 Å². The van der Waals surface area contributed by atoms with E-state index in [0.717, 1.165) is 31.1 Å². The van der Waals surface area contributed by atoms with Gasteiger partial charge in [0.25, 0.3) is 0 Å². The maximum absolute atomic E-state index is 5.77. The van der Waals surface area contributed by atoms with Crippen LogP contribution in [0.25, 0.3) is 5.65 Å². The summed E-state index contributed by atoms with van der Waals surface area (Å²) in [5.74, 6) is 1.68. The summed E-state index contributed by atoms with van der Waals surface area (Å²) in [4.78, 5) is 2.34. The number of hydrogen-bond donors (Lipinski definition) is 0. The molecule has 0 radical (unpaired) electrons. The Bertz CT molecular complexity index is 527. The maximum Gasteiger partial charge on any atom is 0.200 e. The third kappa shape index (κ3) is 2.12. The second kappa shape index (κ2) is 5.06. The van der Waals surface area contributed by atoms with Gasteiger partial charge in [0.2, 0.25) is 0 Å². The van der Waals surface area contributed by atoms with Crippen LogP contribution in [0.1, 0.15) is 25.7 Å². The van der Waals surface area contributed by atoms with Crippen molar-refractivity contribution in [3.05, 3.63) is 12.1 Å². The Morgan fingerprint density at radius 1 is 1.39 bits per heavy atom. The summed E-state index contributed by atoms with van der Waals surface area (Å²) in [6.07, 6.45) is 4.60. The topological polar surface area (TPSA) is 59.2 Å². The van der Waals surface area contributed by atoms with Crippen LogP contribution in [-0.2, 0) is 0 Å². The molecule has 7 heteroatoms. The van der Waals surface area contributed by atoms with E-state index in [0.29, 0.717) is 11.7 Å². The Balaban J connectivity index is 1.83. The van der Waals surface area contributed by atoms with Crippen LogP contribution in [-0.4, -0.2) is 43.7 Å². The van der Waals surface area contributed by atoms with Gasteiger partial charge in [-0.05, 0) is 48.2 Å². The van der Waals surface area contributed by atoms with E-state index >= 15 is 0 Å². The SMILES string of the molecule is ClCCCC1CCCN1c1ccc2nnnn2n1. The summed E-state index contributed by atoms with van der Waals surface area (Å²) >= 11 is 5.77. The summed E-state index contributed by atoms with van der Waals surface area (Å²) in [6, 6.07) is 4.44. The van der Waals surface area contributed by atoms with E-state index < -0.39 is 0 Å². The van der Waals surface area contributed by atoms with Crippen molar-refractivity contribution in [1.82, 2.24) is 25.3 Å². The maximum atomic E-state index is 5.77. The van der Waals surface area contributed by atoms with E-state index in [1.165, 1.54) is 17.5 Å². The average molecular weight is 267 g/mol. The lowest BCUT2D eigenvalue weighted by Gasteiger charge is -2.25. The highest BCUT2D eigenvalue weighted by Gasteiger charge is 2.25. The fraction of sp³-hybridized carbons (Fsp3) is 0.636. The Morgan fingerprint density at radius 3 is 3.22 bits per heavy atom. The number of hydrogen-bond acceptors (Lipinski definition) is 5. The predicted molar refractivity (Wildman–Crippen MR) is 68.9 cm³/mol. The van der Waals surface area contributed by atoms with Crippen molar-refractivity contribution in [2.75, 3.05) is 17.3 Å². The predicted octanol–water partition coefficient (Wildman–Crippen LogP) is 1.51. The molecule has 1 saturated heterocycles. The smallest absolute Gasteiger partial charge is 0.200 e. The summed E-state index contributed by atoms with van der Waals surface area (Å²) < 4.78 is 1.48. The van der Waals surface area contributed by atoms with Crippen LogP contribution in [0.15, 0.2) is 12.1 Å². The van der Waals surface area contributed by atoms with Gasteiger partial charge >= 0.3 is 0 Å². The first-order valence-corrected chi connectivity index (χ1v) is 6.80. The molecule has 18 heavy (non-hydrogen) atoms. The van der Waals surface area contributed by atoms with Crippen LogP contribution in [0.3, 0.4) is 0 Å². The zero-order valence-corrected chi connectivity index (χ0v) is 10.8. The molecule has 96 valence electrons. The van der Waals surface area contributed by atoms with Gasteiger partial charge in [0.1, 0.15) is 0 Å². The Hall–Kier alpha value is -1.43. The minimum atomic E-state index is 0.546. The molecule has 0 aromatic carbocycles. The Kier molecular flexibility index (Phi) is 3.27. The second-order valence-corrected chi connectivity index (χ2v) is 4.92. The van der Waals surface area contributed by atoms with Gasteiger partial charge in [0.05, 0.1) is 0 Å². The molecule has 2 aromatic rings. The van der Waals surface area contributed by atoms with Gasteiger partial charge in [-0.1, -0.05) is 0 Å². The molecule has 1 unspecified atom stereocenters. The van der Waals surface area contributed by atoms with Crippen molar-refractivity contribution in [3.63, 3.8) is 0 Å². The Morgan fingerprint density at radius 2 is 2.33 bits per heavy atom. The molecule has 1 aliphatic rings. The largest absolute Gasteiger partial charge is 0.352 e. The van der Waals surface area contributed by atoms with Crippen LogP contribution >= 0.6 is 11.6 Å². The molecule has 3 heterocycles. The van der Waals surface area contributed by atoms with Crippen molar-refractivity contribution >= 4 is 23.1 Å². The minimum Gasteiger partial charge on any atom is -0.352 e. The standard InChI is InChI=1S/C11H15ClN6/c12-7-1-3-9-4-2-8-17(9)11-6-5-10-13-15-16-18(10)14-11/h5-6,9H,1-4,7-8H2. The number of anilines is 1. The lowest BCUT2D eigenvalue weighted by atomic mass is 10.1. The third-order valence-corrected chi connectivity index (χ3v) is 3.67. The number of alkyl halides is 1. The number of fused-ring (bicyclic) bond motifs is 1. The number of aromatic nitrogens is 5. The molecule has 0 saturated carbocycles. The molecule has 0 aliphatic carbocycles. The molecule has 0 N–H and O–H groups in total. The van der Waals surface area contributed by atoms with Crippen molar-refractivity contribution in [3.8, 4) is 0 Å². The molecule has 0 bridgehead atoms. The number of nitrogens with zero attached hydrogens (tertiary/aromatic N) is 6. The van der Waals surface area contributed by atoms with Crippen molar-refractivity contribution < 1.29 is 0 Å². The van der Waals surface area contributed by atoms with E-state index in [1.807, 2.05) is 12.1 Å². The molecule has 6 nitrogen and oxygen atoms in total. The summed E-state index contributed by atoms with van der Waals surface area (Å²) in [6.45, 7) is 1.05. The normalized spacial score (nSPS) is 19.8. The fourth-order valence-electron chi connectivity index (χ4n) is 2.54. The van der Waals surface area contributed by atoms with Gasteiger partial charge in [-0.25, -0.2) is 0 Å². The molecular formula is C11H15ClN6. The number of tetrazole rings is 1. The summed E-state index contributed by atoms with van der Waals surface area (Å²) in [7, 11) is 0. The lowest BCUT2D eigenvalue weighted by molar-refractivity contribution is 0.592. The molecule has 1 atom stereocenters. The van der Waals surface area contributed by atoms with Crippen molar-refractivity contribution in [2.24, 2.45) is 0 Å². The quantitative estimate of drug-likeness (QED) is 0.785. The summed E-state index contributed by atoms with van der Waals surface area (Å²) in [5.41, 5.74) is 0.676. The molecule has 3 rings (SSSR count). The first-order valence-electron chi connectivity index (χ1n) is 6.26. The number of halogens is 1. The number of rotatable bonds is 4. The van der Waals surface area contributed by atoms with Gasteiger partial charge < -0.3 is 4.90 Å². The molecule has 2 aromatic heterocycles. The van der Waals surface area contributed by atoms with Crippen LogP contribution < -0.4 is 4.90 Å². The average Bonchev–Trinajstić information content (AvgIpc) is 3.03. The van der Waals surface area contributed by atoms with E-state index in [2.05, 4.69) is 25.5 Å². The highest BCUT2D eigenvalue weighted by atomic mass is 35.5. The van der Waals surface area contributed by atoms with Gasteiger partial charge in [0.15, 0.2) is 11.5 Å². The van der Waals surface area contributed by atoms with Crippen molar-refractivity contribution in [2.45, 2.75) is 31.7 Å². The third-order valence-electron chi connectivity index (χ3n) is 3.40. The summed E-state index contributed by atoms with van der Waals surface area (Å²) in [5, 5.41) is 15.7. The highest BCUT2D eigenvalue weighted by Crippen LogP contribution is 2.26. The van der Waals surface area contributed by atoms with Crippen LogP contribution in [0.4, 0.5) is 5.82 Å². The first kappa shape index (κ1) is 11.6. The van der Waals surface area contributed by atoms with Gasteiger partial charge in [-0.2, -0.15) is 0 Å². The minimum absolute atomic E-state index is 0.546.